The number of rotatable bonds is 4. The molecule has 0 aromatic heterocycles. The second kappa shape index (κ2) is 6.45. The minimum absolute atomic E-state index is 0.389. The van der Waals surface area contributed by atoms with Crippen molar-refractivity contribution in [2.75, 3.05) is 0 Å². The molecular formula is C9H17OSi. The average Bonchev–Trinajstić information content (AvgIpc) is 1.86. The third-order valence-corrected chi connectivity index (χ3v) is 2.16. The third kappa shape index (κ3) is 7.64. The Morgan fingerprint density at radius 3 is 2.55 bits per heavy atom. The zero-order valence-electron chi connectivity index (χ0n) is 7.90. The molecule has 63 valence electrons. The molecule has 1 nitrogen and oxygen atoms in total. The maximum atomic E-state index is 5.63. The summed E-state index contributed by atoms with van der Waals surface area (Å²) in [5.41, 5.74) is 0. The molecule has 0 amide bonds. The molecule has 0 aliphatic heterocycles. The highest BCUT2D eigenvalue weighted by Crippen LogP contribution is 2.02. The molecule has 0 N–H and O–H groups in total. The Bertz CT molecular complexity index is 143. The Hall–Kier alpha value is -0.263. The molecule has 0 fully saturated rings. The molecular weight excluding hydrogens is 152 g/mol. The molecule has 0 aliphatic rings. The van der Waals surface area contributed by atoms with Gasteiger partial charge in [0, 0.05) is 12.5 Å². The Balaban J connectivity index is 3.34. The van der Waals surface area contributed by atoms with Gasteiger partial charge in [0.2, 0.25) is 9.04 Å². The summed E-state index contributed by atoms with van der Waals surface area (Å²) in [6, 6.07) is 0. The first-order valence-electron chi connectivity index (χ1n) is 4.03. The summed E-state index contributed by atoms with van der Waals surface area (Å²) in [7, 11) is -0.518. The first kappa shape index (κ1) is 10.7. The van der Waals surface area contributed by atoms with Crippen molar-refractivity contribution in [3.8, 4) is 11.8 Å². The summed E-state index contributed by atoms with van der Waals surface area (Å²) in [6.45, 7) is 8.31. The summed E-state index contributed by atoms with van der Waals surface area (Å²) in [5, 5.41) is 0. The molecule has 0 bridgehead atoms. The fourth-order valence-electron chi connectivity index (χ4n) is 0.862. The highest BCUT2D eigenvalue weighted by Gasteiger charge is 2.03. The Labute approximate surface area is 71.9 Å². The van der Waals surface area contributed by atoms with Crippen LogP contribution in [0.5, 0.6) is 0 Å². The van der Waals surface area contributed by atoms with Crippen molar-refractivity contribution in [2.24, 2.45) is 0 Å². The smallest absolute Gasteiger partial charge is 0.205 e. The second-order valence-corrected chi connectivity index (χ2v) is 4.85. The quantitative estimate of drug-likeness (QED) is 0.464. The number of hydrogen-bond acceptors (Lipinski definition) is 1. The van der Waals surface area contributed by atoms with Gasteiger partial charge in [-0.3, -0.25) is 0 Å². The predicted molar refractivity (Wildman–Crippen MR) is 50.7 cm³/mol. The fourth-order valence-corrected chi connectivity index (χ4v) is 1.78. The van der Waals surface area contributed by atoms with Crippen LogP contribution in [0.1, 0.15) is 26.7 Å². The average molecular weight is 169 g/mol. The van der Waals surface area contributed by atoms with Crippen LogP contribution in [-0.2, 0) is 4.43 Å². The fraction of sp³-hybridized carbons (Fsp3) is 0.778. The molecule has 0 rings (SSSR count). The van der Waals surface area contributed by atoms with Gasteiger partial charge in [-0.05, 0) is 33.4 Å². The van der Waals surface area contributed by atoms with E-state index in [1.54, 1.807) is 0 Å². The van der Waals surface area contributed by atoms with Crippen molar-refractivity contribution >= 4 is 9.04 Å². The lowest BCUT2D eigenvalue weighted by Crippen LogP contribution is -2.17. The van der Waals surface area contributed by atoms with Gasteiger partial charge in [-0.2, -0.15) is 0 Å². The molecule has 0 saturated heterocycles. The van der Waals surface area contributed by atoms with Crippen LogP contribution < -0.4 is 0 Å². The minimum Gasteiger partial charge on any atom is -0.415 e. The van der Waals surface area contributed by atoms with Crippen LogP contribution in [0.4, 0.5) is 0 Å². The van der Waals surface area contributed by atoms with Gasteiger partial charge in [-0.15, -0.1) is 11.8 Å². The van der Waals surface area contributed by atoms with Crippen LogP contribution in [0.2, 0.25) is 13.1 Å². The van der Waals surface area contributed by atoms with Crippen molar-refractivity contribution in [1.29, 1.82) is 0 Å². The Morgan fingerprint density at radius 1 is 1.45 bits per heavy atom. The molecule has 0 aliphatic carbocycles. The predicted octanol–water partition coefficient (Wildman–Crippen LogP) is 2.45. The van der Waals surface area contributed by atoms with Crippen LogP contribution >= 0.6 is 0 Å². The van der Waals surface area contributed by atoms with E-state index in [0.29, 0.717) is 6.10 Å². The van der Waals surface area contributed by atoms with Gasteiger partial charge >= 0.3 is 0 Å². The lowest BCUT2D eigenvalue weighted by Gasteiger charge is -2.13. The zero-order valence-corrected chi connectivity index (χ0v) is 8.90. The van der Waals surface area contributed by atoms with Crippen LogP contribution in [0.3, 0.4) is 0 Å². The highest BCUT2D eigenvalue weighted by molar-refractivity contribution is 6.48. The second-order valence-electron chi connectivity index (χ2n) is 2.80. The first-order chi connectivity index (χ1) is 5.16. The lowest BCUT2D eigenvalue weighted by atomic mass is 10.2. The van der Waals surface area contributed by atoms with Gasteiger partial charge in [0.25, 0.3) is 0 Å². The van der Waals surface area contributed by atoms with E-state index < -0.39 is 9.04 Å². The molecule has 2 heteroatoms. The lowest BCUT2D eigenvalue weighted by molar-refractivity contribution is 0.217. The molecule has 0 heterocycles. The maximum absolute atomic E-state index is 5.63. The Morgan fingerprint density at radius 2 is 2.09 bits per heavy atom. The van der Waals surface area contributed by atoms with Gasteiger partial charge in [-0.1, -0.05) is 0 Å². The zero-order chi connectivity index (χ0) is 8.69. The van der Waals surface area contributed by atoms with E-state index in [0.717, 1.165) is 12.8 Å². The minimum atomic E-state index is -0.518. The molecule has 1 unspecified atom stereocenters. The highest BCUT2D eigenvalue weighted by atomic mass is 28.3. The molecule has 11 heavy (non-hydrogen) atoms. The topological polar surface area (TPSA) is 9.23 Å². The van der Waals surface area contributed by atoms with Crippen molar-refractivity contribution in [2.45, 2.75) is 45.9 Å². The SMILES string of the molecule is CC#CCCC(C)O[Si](C)C. The molecule has 1 radical (unpaired) electrons. The molecule has 0 aromatic carbocycles. The van der Waals surface area contributed by atoms with E-state index in [2.05, 4.69) is 31.9 Å². The van der Waals surface area contributed by atoms with Crippen molar-refractivity contribution < 1.29 is 4.43 Å². The summed E-state index contributed by atoms with van der Waals surface area (Å²) in [5.74, 6) is 5.91. The van der Waals surface area contributed by atoms with Crippen molar-refractivity contribution in [1.82, 2.24) is 0 Å². The normalized spacial score (nSPS) is 12.5. The summed E-state index contributed by atoms with van der Waals surface area (Å²) in [4.78, 5) is 0. The van der Waals surface area contributed by atoms with Gasteiger partial charge in [-0.25, -0.2) is 0 Å². The largest absolute Gasteiger partial charge is 0.415 e. The molecule has 0 saturated carbocycles. The van der Waals surface area contributed by atoms with E-state index >= 15 is 0 Å². The number of hydrogen-bond donors (Lipinski definition) is 0. The van der Waals surface area contributed by atoms with E-state index in [-0.39, 0.29) is 0 Å². The van der Waals surface area contributed by atoms with Crippen LogP contribution in [0, 0.1) is 11.8 Å². The summed E-state index contributed by atoms with van der Waals surface area (Å²) < 4.78 is 5.63. The van der Waals surface area contributed by atoms with E-state index in [9.17, 15) is 0 Å². The third-order valence-electron chi connectivity index (χ3n) is 1.29. The van der Waals surface area contributed by atoms with Crippen LogP contribution in [0.15, 0.2) is 0 Å². The Kier molecular flexibility index (Phi) is 6.29. The molecule has 0 aromatic rings. The van der Waals surface area contributed by atoms with E-state index in [4.69, 9.17) is 4.43 Å². The van der Waals surface area contributed by atoms with E-state index in [1.165, 1.54) is 0 Å². The van der Waals surface area contributed by atoms with Crippen molar-refractivity contribution in [3.05, 3.63) is 0 Å². The van der Waals surface area contributed by atoms with Gasteiger partial charge in [0.15, 0.2) is 0 Å². The van der Waals surface area contributed by atoms with E-state index in [1.807, 2.05) is 6.92 Å². The van der Waals surface area contributed by atoms with Gasteiger partial charge in [0.1, 0.15) is 0 Å². The summed E-state index contributed by atoms with van der Waals surface area (Å²) in [6.07, 6.45) is 2.42. The monoisotopic (exact) mass is 169 g/mol. The maximum Gasteiger partial charge on any atom is 0.205 e. The molecule has 0 spiro atoms. The van der Waals surface area contributed by atoms with Gasteiger partial charge in [0.05, 0.1) is 0 Å². The standard InChI is InChI=1S/C9H17OSi/c1-5-6-7-8-9(2)10-11(3)4/h9H,7-8H2,1-4H3. The van der Waals surface area contributed by atoms with Gasteiger partial charge < -0.3 is 4.43 Å². The van der Waals surface area contributed by atoms with Crippen LogP contribution in [-0.4, -0.2) is 15.1 Å². The van der Waals surface area contributed by atoms with Crippen LogP contribution in [0.25, 0.3) is 0 Å². The van der Waals surface area contributed by atoms with Crippen molar-refractivity contribution in [3.63, 3.8) is 0 Å². The first-order valence-corrected chi connectivity index (χ1v) is 6.44. The molecule has 1 atom stereocenters. The summed E-state index contributed by atoms with van der Waals surface area (Å²) >= 11 is 0.